The Kier molecular flexibility index (Phi) is 8.71. The van der Waals surface area contributed by atoms with Crippen LogP contribution in [-0.4, -0.2) is 51.2 Å². The minimum absolute atomic E-state index is 0.131. The normalized spacial score (nSPS) is 12.4. The molecule has 0 heterocycles. The van der Waals surface area contributed by atoms with Crippen molar-refractivity contribution in [3.8, 4) is 0 Å². The van der Waals surface area contributed by atoms with Gasteiger partial charge in [0.1, 0.15) is 0 Å². The molecule has 0 spiro atoms. The van der Waals surface area contributed by atoms with Crippen LogP contribution in [-0.2, 0) is 16.0 Å². The molecule has 1 amide bonds. The van der Waals surface area contributed by atoms with E-state index in [0.717, 1.165) is 25.9 Å². The summed E-state index contributed by atoms with van der Waals surface area (Å²) in [5.74, 6) is 0.131. The first-order valence-electron chi connectivity index (χ1n) is 7.59. The van der Waals surface area contributed by atoms with Gasteiger partial charge in [0.15, 0.2) is 0 Å². The number of rotatable bonds is 10. The fourth-order valence-corrected chi connectivity index (χ4v) is 2.18. The first kappa shape index (κ1) is 17.7. The van der Waals surface area contributed by atoms with Crippen LogP contribution < -0.4 is 5.32 Å². The van der Waals surface area contributed by atoms with Crippen LogP contribution in [0.1, 0.15) is 24.8 Å². The summed E-state index contributed by atoms with van der Waals surface area (Å²) in [4.78, 5) is 14.0. The predicted octanol–water partition coefficient (Wildman–Crippen LogP) is 2.09. The van der Waals surface area contributed by atoms with Gasteiger partial charge in [0.05, 0.1) is 0 Å². The number of hydrogen-bond donors (Lipinski definition) is 1. The number of ether oxygens (including phenoxy) is 1. The van der Waals surface area contributed by atoms with Crippen LogP contribution >= 0.6 is 0 Å². The van der Waals surface area contributed by atoms with Crippen molar-refractivity contribution in [1.29, 1.82) is 0 Å². The maximum atomic E-state index is 11.8. The molecule has 0 aliphatic carbocycles. The highest BCUT2D eigenvalue weighted by molar-refractivity contribution is 5.75. The van der Waals surface area contributed by atoms with E-state index >= 15 is 0 Å². The zero-order valence-electron chi connectivity index (χ0n) is 13.5. The molecule has 0 bridgehead atoms. The van der Waals surface area contributed by atoms with E-state index in [1.165, 1.54) is 5.56 Å². The van der Waals surface area contributed by atoms with Gasteiger partial charge >= 0.3 is 0 Å². The summed E-state index contributed by atoms with van der Waals surface area (Å²) in [5, 5.41) is 3.04. The molecule has 4 heteroatoms. The molecule has 0 aromatic heterocycles. The summed E-state index contributed by atoms with van der Waals surface area (Å²) in [7, 11) is 5.79. The van der Waals surface area contributed by atoms with Crippen LogP contribution in [0.2, 0.25) is 0 Å². The third-order valence-electron chi connectivity index (χ3n) is 3.58. The molecule has 0 fully saturated rings. The summed E-state index contributed by atoms with van der Waals surface area (Å²) < 4.78 is 4.98. The fourth-order valence-electron chi connectivity index (χ4n) is 2.18. The number of amides is 1. The molecule has 1 aromatic carbocycles. The van der Waals surface area contributed by atoms with E-state index in [9.17, 15) is 4.79 Å². The molecule has 0 saturated heterocycles. The van der Waals surface area contributed by atoms with Gasteiger partial charge in [0.2, 0.25) is 5.91 Å². The molecule has 4 nitrogen and oxygen atoms in total. The zero-order chi connectivity index (χ0) is 15.5. The van der Waals surface area contributed by atoms with E-state index in [4.69, 9.17) is 4.74 Å². The lowest BCUT2D eigenvalue weighted by atomic mass is 10.1. The number of methoxy groups -OCH3 is 1. The average Bonchev–Trinajstić information content (AvgIpc) is 2.48. The third kappa shape index (κ3) is 7.83. The van der Waals surface area contributed by atoms with Crippen LogP contribution in [0, 0.1) is 0 Å². The van der Waals surface area contributed by atoms with E-state index in [1.807, 2.05) is 6.07 Å². The summed E-state index contributed by atoms with van der Waals surface area (Å²) >= 11 is 0. The molecular weight excluding hydrogens is 264 g/mol. The van der Waals surface area contributed by atoms with Gasteiger partial charge in [0.25, 0.3) is 0 Å². The Bertz CT molecular complexity index is 393. The van der Waals surface area contributed by atoms with Gasteiger partial charge in [-0.2, -0.15) is 0 Å². The Balaban J connectivity index is 2.32. The summed E-state index contributed by atoms with van der Waals surface area (Å²) in [6.45, 7) is 1.41. The van der Waals surface area contributed by atoms with Gasteiger partial charge in [-0.1, -0.05) is 30.3 Å². The summed E-state index contributed by atoms with van der Waals surface area (Å²) in [6, 6.07) is 10.7. The van der Waals surface area contributed by atoms with Crippen molar-refractivity contribution in [2.24, 2.45) is 0 Å². The van der Waals surface area contributed by atoms with Gasteiger partial charge < -0.3 is 15.0 Å². The Labute approximate surface area is 128 Å². The lowest BCUT2D eigenvalue weighted by Gasteiger charge is -2.24. The van der Waals surface area contributed by atoms with E-state index in [2.05, 4.69) is 48.6 Å². The maximum absolute atomic E-state index is 11.8. The smallest absolute Gasteiger partial charge is 0.220 e. The molecule has 0 aliphatic rings. The molecule has 0 saturated carbocycles. The molecule has 1 rings (SSSR count). The highest BCUT2D eigenvalue weighted by Crippen LogP contribution is 2.06. The third-order valence-corrected chi connectivity index (χ3v) is 3.58. The number of carbonyl (C=O) groups excluding carboxylic acids is 1. The van der Waals surface area contributed by atoms with E-state index in [1.54, 1.807) is 7.11 Å². The van der Waals surface area contributed by atoms with E-state index in [0.29, 0.717) is 19.0 Å². The minimum Gasteiger partial charge on any atom is -0.385 e. The van der Waals surface area contributed by atoms with Crippen molar-refractivity contribution in [2.45, 2.75) is 31.7 Å². The van der Waals surface area contributed by atoms with Gasteiger partial charge in [-0.25, -0.2) is 0 Å². The fraction of sp³-hybridized carbons (Fsp3) is 0.588. The van der Waals surface area contributed by atoms with Crippen molar-refractivity contribution in [3.63, 3.8) is 0 Å². The highest BCUT2D eigenvalue weighted by atomic mass is 16.5. The van der Waals surface area contributed by atoms with Crippen molar-refractivity contribution >= 4 is 5.91 Å². The second-order valence-corrected chi connectivity index (χ2v) is 5.56. The lowest BCUT2D eigenvalue weighted by molar-refractivity contribution is -0.121. The Morgan fingerprint density at radius 1 is 1.24 bits per heavy atom. The number of nitrogens with one attached hydrogen (secondary N) is 1. The molecular formula is C17H28N2O2. The Morgan fingerprint density at radius 3 is 2.57 bits per heavy atom. The number of unbranched alkanes of at least 4 members (excludes halogenated alkanes) is 1. The van der Waals surface area contributed by atoms with Crippen LogP contribution in [0.5, 0.6) is 0 Å². The molecule has 0 aliphatic heterocycles. The van der Waals surface area contributed by atoms with Crippen LogP contribution in [0.3, 0.4) is 0 Å². The highest BCUT2D eigenvalue weighted by Gasteiger charge is 2.13. The second kappa shape index (κ2) is 10.4. The molecule has 1 atom stereocenters. The number of likely N-dealkylation sites (N-methyl/N-ethyl adjacent to an activating group) is 1. The zero-order valence-corrected chi connectivity index (χ0v) is 13.5. The van der Waals surface area contributed by atoms with Crippen molar-refractivity contribution in [2.75, 3.05) is 34.4 Å². The number of hydrogen-bond acceptors (Lipinski definition) is 3. The average molecular weight is 292 g/mol. The van der Waals surface area contributed by atoms with E-state index in [-0.39, 0.29) is 5.91 Å². The molecule has 0 radical (unpaired) electrons. The standard InChI is InChI=1S/C17H28N2O2/c1-19(2)16(13-15-9-5-4-6-10-15)14-18-17(20)11-7-8-12-21-3/h4-6,9-10,16H,7-8,11-14H2,1-3H3,(H,18,20). The number of carbonyl (C=O) groups is 1. The predicted molar refractivity (Wildman–Crippen MR) is 86.4 cm³/mol. The molecule has 118 valence electrons. The summed E-state index contributed by atoms with van der Waals surface area (Å²) in [5.41, 5.74) is 1.30. The maximum Gasteiger partial charge on any atom is 0.220 e. The second-order valence-electron chi connectivity index (χ2n) is 5.56. The lowest BCUT2D eigenvalue weighted by Crippen LogP contribution is -2.41. The first-order chi connectivity index (χ1) is 10.1. The minimum atomic E-state index is 0.131. The Morgan fingerprint density at radius 2 is 1.95 bits per heavy atom. The molecule has 21 heavy (non-hydrogen) atoms. The quantitative estimate of drug-likeness (QED) is 0.671. The summed E-state index contributed by atoms with van der Waals surface area (Å²) in [6.07, 6.45) is 3.34. The first-order valence-corrected chi connectivity index (χ1v) is 7.59. The number of nitrogens with zero attached hydrogens (tertiary/aromatic N) is 1. The van der Waals surface area contributed by atoms with Crippen molar-refractivity contribution < 1.29 is 9.53 Å². The largest absolute Gasteiger partial charge is 0.385 e. The molecule has 1 aromatic rings. The topological polar surface area (TPSA) is 41.6 Å². The molecule has 1 unspecified atom stereocenters. The van der Waals surface area contributed by atoms with Crippen LogP contribution in [0.15, 0.2) is 30.3 Å². The SMILES string of the molecule is COCCCCC(=O)NCC(Cc1ccccc1)N(C)C. The van der Waals surface area contributed by atoms with Crippen LogP contribution in [0.25, 0.3) is 0 Å². The van der Waals surface area contributed by atoms with Gasteiger partial charge in [-0.3, -0.25) is 4.79 Å². The van der Waals surface area contributed by atoms with Crippen molar-refractivity contribution in [1.82, 2.24) is 10.2 Å². The Hall–Kier alpha value is -1.39. The monoisotopic (exact) mass is 292 g/mol. The van der Waals surface area contributed by atoms with Gasteiger partial charge in [-0.05, 0) is 38.9 Å². The molecule has 1 N–H and O–H groups in total. The number of benzene rings is 1. The van der Waals surface area contributed by atoms with Crippen molar-refractivity contribution in [3.05, 3.63) is 35.9 Å². The van der Waals surface area contributed by atoms with Gasteiger partial charge in [-0.15, -0.1) is 0 Å². The van der Waals surface area contributed by atoms with Crippen LogP contribution in [0.4, 0.5) is 0 Å². The van der Waals surface area contributed by atoms with E-state index < -0.39 is 0 Å². The van der Waals surface area contributed by atoms with Gasteiger partial charge in [0, 0.05) is 32.7 Å².